The van der Waals surface area contributed by atoms with Crippen molar-refractivity contribution in [1.82, 2.24) is 4.98 Å². The van der Waals surface area contributed by atoms with Crippen LogP contribution in [0.15, 0.2) is 17.0 Å². The Kier molecular flexibility index (Phi) is 3.48. The van der Waals surface area contributed by atoms with Crippen molar-refractivity contribution in [2.45, 2.75) is 11.8 Å². The van der Waals surface area contributed by atoms with E-state index in [1.807, 2.05) is 6.07 Å². The molecule has 0 radical (unpaired) electrons. The van der Waals surface area contributed by atoms with Crippen LogP contribution in [0, 0.1) is 18.3 Å². The first-order valence-corrected chi connectivity index (χ1v) is 4.84. The standard InChI is InChI=1S/C9H8N2O2S/c1-6-2-8(14-5-9(12)13)3-7(4-10)11-6/h2-3H,5H2,1H3,(H,12,13). The van der Waals surface area contributed by atoms with Gasteiger partial charge in [0.1, 0.15) is 11.8 Å². The van der Waals surface area contributed by atoms with E-state index in [4.69, 9.17) is 10.4 Å². The molecule has 5 heteroatoms. The molecule has 0 aromatic carbocycles. The minimum atomic E-state index is -0.872. The molecule has 1 N–H and O–H groups in total. The van der Waals surface area contributed by atoms with Gasteiger partial charge in [-0.3, -0.25) is 4.79 Å². The van der Waals surface area contributed by atoms with Gasteiger partial charge in [0.2, 0.25) is 0 Å². The van der Waals surface area contributed by atoms with Crippen LogP contribution in [0.5, 0.6) is 0 Å². The smallest absolute Gasteiger partial charge is 0.313 e. The fourth-order valence-corrected chi connectivity index (χ4v) is 1.66. The number of hydrogen-bond acceptors (Lipinski definition) is 4. The lowest BCUT2D eigenvalue weighted by Gasteiger charge is -2.00. The van der Waals surface area contributed by atoms with Gasteiger partial charge in [0.25, 0.3) is 0 Å². The van der Waals surface area contributed by atoms with E-state index < -0.39 is 5.97 Å². The molecule has 4 nitrogen and oxygen atoms in total. The number of carbonyl (C=O) groups is 1. The number of aryl methyl sites for hydroxylation is 1. The van der Waals surface area contributed by atoms with Gasteiger partial charge in [0, 0.05) is 10.6 Å². The highest BCUT2D eigenvalue weighted by molar-refractivity contribution is 8.00. The number of aromatic nitrogens is 1. The van der Waals surface area contributed by atoms with Gasteiger partial charge in [-0.15, -0.1) is 11.8 Å². The van der Waals surface area contributed by atoms with Crippen LogP contribution < -0.4 is 0 Å². The number of nitriles is 1. The zero-order chi connectivity index (χ0) is 10.6. The Bertz CT molecular complexity index is 398. The quantitative estimate of drug-likeness (QED) is 0.761. The molecule has 0 amide bonds. The number of aliphatic carboxylic acids is 1. The monoisotopic (exact) mass is 208 g/mol. The average molecular weight is 208 g/mol. The van der Waals surface area contributed by atoms with Crippen LogP contribution in [0.1, 0.15) is 11.4 Å². The first-order chi connectivity index (χ1) is 6.61. The number of carboxylic acids is 1. The fourth-order valence-electron chi connectivity index (χ4n) is 0.923. The second-order valence-electron chi connectivity index (χ2n) is 2.62. The third kappa shape index (κ3) is 3.07. The number of rotatable bonds is 3. The summed E-state index contributed by atoms with van der Waals surface area (Å²) in [5, 5.41) is 17.1. The molecule has 0 unspecified atom stereocenters. The average Bonchev–Trinajstić information content (AvgIpc) is 2.14. The zero-order valence-corrected chi connectivity index (χ0v) is 8.34. The first kappa shape index (κ1) is 10.5. The molecule has 14 heavy (non-hydrogen) atoms. The Morgan fingerprint density at radius 3 is 3.00 bits per heavy atom. The highest BCUT2D eigenvalue weighted by Gasteiger charge is 2.02. The lowest BCUT2D eigenvalue weighted by molar-refractivity contribution is -0.133. The summed E-state index contributed by atoms with van der Waals surface area (Å²) >= 11 is 1.18. The predicted molar refractivity (Wildman–Crippen MR) is 52.0 cm³/mol. The van der Waals surface area contributed by atoms with Crippen LogP contribution in [0.4, 0.5) is 0 Å². The summed E-state index contributed by atoms with van der Waals surface area (Å²) in [6.07, 6.45) is 0. The van der Waals surface area contributed by atoms with Crippen LogP contribution >= 0.6 is 11.8 Å². The van der Waals surface area contributed by atoms with Gasteiger partial charge < -0.3 is 5.11 Å². The molecule has 1 aromatic heterocycles. The molecule has 0 saturated heterocycles. The topological polar surface area (TPSA) is 74.0 Å². The van der Waals surface area contributed by atoms with E-state index in [0.717, 1.165) is 10.6 Å². The number of thioether (sulfide) groups is 1. The normalized spacial score (nSPS) is 9.43. The third-order valence-corrected chi connectivity index (χ3v) is 2.36. The van der Waals surface area contributed by atoms with Crippen molar-refractivity contribution in [3.63, 3.8) is 0 Å². The van der Waals surface area contributed by atoms with Crippen LogP contribution in [0.25, 0.3) is 0 Å². The van der Waals surface area contributed by atoms with Gasteiger partial charge in [-0.05, 0) is 19.1 Å². The van der Waals surface area contributed by atoms with Gasteiger partial charge in [0.05, 0.1) is 5.75 Å². The lowest BCUT2D eigenvalue weighted by Crippen LogP contribution is -1.98. The molecule has 0 aliphatic heterocycles. The van der Waals surface area contributed by atoms with Crippen LogP contribution in [-0.4, -0.2) is 21.8 Å². The maximum Gasteiger partial charge on any atom is 0.313 e. The van der Waals surface area contributed by atoms with E-state index in [1.54, 1.807) is 19.1 Å². The molecular formula is C9H8N2O2S. The minimum absolute atomic E-state index is 0.00563. The van der Waals surface area contributed by atoms with E-state index >= 15 is 0 Å². The van der Waals surface area contributed by atoms with Crippen molar-refractivity contribution >= 4 is 17.7 Å². The number of nitrogens with zero attached hydrogens (tertiary/aromatic N) is 2. The van der Waals surface area contributed by atoms with E-state index in [0.29, 0.717) is 5.69 Å². The van der Waals surface area contributed by atoms with Crippen LogP contribution in [-0.2, 0) is 4.79 Å². The van der Waals surface area contributed by atoms with Crippen molar-refractivity contribution in [2.75, 3.05) is 5.75 Å². The molecule has 0 saturated carbocycles. The Morgan fingerprint density at radius 1 is 1.71 bits per heavy atom. The van der Waals surface area contributed by atoms with Gasteiger partial charge in [-0.25, -0.2) is 4.98 Å². The van der Waals surface area contributed by atoms with Crippen LogP contribution in [0.3, 0.4) is 0 Å². The SMILES string of the molecule is Cc1cc(SCC(=O)O)cc(C#N)n1. The van der Waals surface area contributed by atoms with E-state index in [1.165, 1.54) is 11.8 Å². The van der Waals surface area contributed by atoms with E-state index in [2.05, 4.69) is 4.98 Å². The molecule has 1 aromatic rings. The Labute approximate surface area is 85.6 Å². The van der Waals surface area contributed by atoms with Gasteiger partial charge in [-0.2, -0.15) is 5.26 Å². The number of carboxylic acid groups (broad SMARTS) is 1. The third-order valence-electron chi connectivity index (χ3n) is 1.40. The molecule has 1 rings (SSSR count). The second kappa shape index (κ2) is 4.63. The molecular weight excluding hydrogens is 200 g/mol. The predicted octanol–water partition coefficient (Wildman–Crippen LogP) is 1.44. The largest absolute Gasteiger partial charge is 0.481 e. The Morgan fingerprint density at radius 2 is 2.43 bits per heavy atom. The molecule has 0 bridgehead atoms. The fraction of sp³-hybridized carbons (Fsp3) is 0.222. The lowest BCUT2D eigenvalue weighted by atomic mass is 10.3. The number of pyridine rings is 1. The summed E-state index contributed by atoms with van der Waals surface area (Å²) in [4.78, 5) is 15.0. The summed E-state index contributed by atoms with van der Waals surface area (Å²) in [6, 6.07) is 5.27. The maximum atomic E-state index is 10.3. The summed E-state index contributed by atoms with van der Waals surface area (Å²) in [5.74, 6) is -0.878. The van der Waals surface area contributed by atoms with Gasteiger partial charge >= 0.3 is 5.97 Å². The summed E-state index contributed by atoms with van der Waals surface area (Å²) < 4.78 is 0. The molecule has 0 fully saturated rings. The molecule has 0 spiro atoms. The first-order valence-electron chi connectivity index (χ1n) is 3.85. The Balaban J connectivity index is 2.82. The Hall–Kier alpha value is -1.54. The van der Waals surface area contributed by atoms with E-state index in [9.17, 15) is 4.79 Å². The molecule has 0 atom stereocenters. The van der Waals surface area contributed by atoms with Crippen molar-refractivity contribution in [3.8, 4) is 6.07 Å². The minimum Gasteiger partial charge on any atom is -0.481 e. The van der Waals surface area contributed by atoms with Crippen LogP contribution in [0.2, 0.25) is 0 Å². The summed E-state index contributed by atoms with van der Waals surface area (Å²) in [6.45, 7) is 1.77. The van der Waals surface area contributed by atoms with Crippen molar-refractivity contribution in [2.24, 2.45) is 0 Å². The highest BCUT2D eigenvalue weighted by atomic mass is 32.2. The van der Waals surface area contributed by atoms with Crippen molar-refractivity contribution in [3.05, 3.63) is 23.5 Å². The zero-order valence-electron chi connectivity index (χ0n) is 7.52. The maximum absolute atomic E-state index is 10.3. The van der Waals surface area contributed by atoms with Crippen molar-refractivity contribution in [1.29, 1.82) is 5.26 Å². The summed E-state index contributed by atoms with van der Waals surface area (Å²) in [5.41, 5.74) is 1.04. The molecule has 0 aliphatic rings. The van der Waals surface area contributed by atoms with Crippen molar-refractivity contribution < 1.29 is 9.90 Å². The second-order valence-corrected chi connectivity index (χ2v) is 3.67. The van der Waals surface area contributed by atoms with Gasteiger partial charge in [-0.1, -0.05) is 0 Å². The highest BCUT2D eigenvalue weighted by Crippen LogP contribution is 2.18. The van der Waals surface area contributed by atoms with E-state index in [-0.39, 0.29) is 5.75 Å². The van der Waals surface area contributed by atoms with Gasteiger partial charge in [0.15, 0.2) is 0 Å². The molecule has 1 heterocycles. The molecule has 72 valence electrons. The number of hydrogen-bond donors (Lipinski definition) is 1. The summed E-state index contributed by atoms with van der Waals surface area (Å²) in [7, 11) is 0. The molecule has 0 aliphatic carbocycles.